The lowest BCUT2D eigenvalue weighted by Gasteiger charge is -2.08. The molecule has 27 heavy (non-hydrogen) atoms. The third-order valence-corrected chi connectivity index (χ3v) is 3.34. The molecule has 0 saturated carbocycles. The summed E-state index contributed by atoms with van der Waals surface area (Å²) in [6.07, 6.45) is 4.34. The van der Waals surface area contributed by atoms with Crippen LogP contribution in [0.15, 0.2) is 48.5 Å². The molecular weight excluding hydrogens is 340 g/mol. The molecule has 2 aromatic carbocycles. The maximum absolute atomic E-state index is 12.1. The van der Waals surface area contributed by atoms with E-state index in [1.165, 1.54) is 24.3 Å². The van der Waals surface area contributed by atoms with Crippen molar-refractivity contribution < 1.29 is 20.5 Å². The van der Waals surface area contributed by atoms with Crippen LogP contribution in [0.1, 0.15) is 34.6 Å². The summed E-state index contributed by atoms with van der Waals surface area (Å²) in [7, 11) is 0. The van der Waals surface area contributed by atoms with Gasteiger partial charge in [0.05, 0.1) is 11.1 Å². The second kappa shape index (κ2) is 9.52. The van der Waals surface area contributed by atoms with Gasteiger partial charge in [0.25, 0.3) is 0 Å². The van der Waals surface area contributed by atoms with E-state index in [-0.39, 0.29) is 1.43 Å². The van der Waals surface area contributed by atoms with E-state index in [1.807, 2.05) is 19.1 Å². The number of hydrogen-bond acceptors (Lipinski definition) is 4. The fourth-order valence-electron chi connectivity index (χ4n) is 1.98. The number of ether oxygens (including phenoxy) is 2. The highest BCUT2D eigenvalue weighted by Gasteiger charge is 2.12. The van der Waals surface area contributed by atoms with E-state index in [1.54, 1.807) is 19.1 Å². The molecule has 0 aromatic heterocycles. The van der Waals surface area contributed by atoms with Crippen LogP contribution in [0.5, 0.6) is 5.75 Å². The van der Waals surface area contributed by atoms with Crippen LogP contribution in [0.3, 0.4) is 0 Å². The number of terminal acetylenes is 1. The Hall–Kier alpha value is -3.94. The molecule has 0 radical (unpaired) electrons. The summed E-state index contributed by atoms with van der Waals surface area (Å²) in [6.45, 7) is 3.56. The molecule has 1 unspecified atom stereocenters. The summed E-state index contributed by atoms with van der Waals surface area (Å²) < 4.78 is 10.5. The molecule has 2 rings (SSSR count). The Labute approximate surface area is 160 Å². The largest absolute Gasteiger partial charge is 0.446 e. The molecule has 0 aliphatic heterocycles. The molecule has 4 nitrogen and oxygen atoms in total. The monoisotopic (exact) mass is 358 g/mol. The molecule has 0 saturated heterocycles. The number of carbonyl (C=O) groups excluding carboxylic acids is 2. The maximum Gasteiger partial charge on any atom is 0.343 e. The van der Waals surface area contributed by atoms with E-state index in [0.717, 1.165) is 5.56 Å². The van der Waals surface area contributed by atoms with Crippen LogP contribution in [-0.2, 0) is 4.74 Å². The summed E-state index contributed by atoms with van der Waals surface area (Å²) in [4.78, 5) is 24.1. The average molecular weight is 358 g/mol. The lowest BCUT2D eigenvalue weighted by atomic mass is 10.1. The van der Waals surface area contributed by atoms with Gasteiger partial charge in [-0.3, -0.25) is 0 Å². The Morgan fingerprint density at radius 3 is 2.15 bits per heavy atom. The zero-order valence-electron chi connectivity index (χ0n) is 14.9. The van der Waals surface area contributed by atoms with Gasteiger partial charge in [-0.25, -0.2) is 9.59 Å². The normalized spacial score (nSPS) is 10.1. The number of esters is 2. The van der Waals surface area contributed by atoms with Crippen molar-refractivity contribution in [3.05, 3.63) is 65.2 Å². The molecule has 0 bridgehead atoms. The Balaban J connectivity index is 0.00000392. The topological polar surface area (TPSA) is 52.6 Å². The summed E-state index contributed by atoms with van der Waals surface area (Å²) in [5.74, 6) is 11.4. The van der Waals surface area contributed by atoms with Crippen molar-refractivity contribution in [1.29, 1.82) is 0 Å². The van der Waals surface area contributed by atoms with Crippen molar-refractivity contribution in [1.82, 2.24) is 0 Å². The van der Waals surface area contributed by atoms with Crippen molar-refractivity contribution in [3.8, 4) is 41.8 Å². The van der Waals surface area contributed by atoms with Crippen LogP contribution in [0.4, 0.5) is 0 Å². The van der Waals surface area contributed by atoms with Crippen molar-refractivity contribution in [2.75, 3.05) is 0 Å². The number of benzene rings is 2. The molecule has 0 amide bonds. The van der Waals surface area contributed by atoms with Crippen molar-refractivity contribution >= 4 is 11.9 Å². The lowest BCUT2D eigenvalue weighted by Crippen LogP contribution is -2.13. The zero-order valence-corrected chi connectivity index (χ0v) is 14.9. The number of carbonyl (C=O) groups is 2. The molecule has 0 fully saturated rings. The third kappa shape index (κ3) is 6.13. The molecule has 0 N–H and O–H groups in total. The Kier molecular flexibility index (Phi) is 6.83. The molecule has 0 aliphatic rings. The van der Waals surface area contributed by atoms with E-state index in [2.05, 4.69) is 29.6 Å². The summed E-state index contributed by atoms with van der Waals surface area (Å²) in [6, 6.07) is 13.1. The van der Waals surface area contributed by atoms with Gasteiger partial charge in [-0.1, -0.05) is 17.7 Å². The van der Waals surface area contributed by atoms with E-state index < -0.39 is 18.0 Å². The zero-order chi connectivity index (χ0) is 19.6. The first kappa shape index (κ1) is 19.4. The lowest BCUT2D eigenvalue weighted by molar-refractivity contribution is 0.0438. The maximum atomic E-state index is 12.1. The molecule has 0 aliphatic carbocycles. The molecule has 2 aromatic rings. The quantitative estimate of drug-likeness (QED) is 0.476. The van der Waals surface area contributed by atoms with E-state index >= 15 is 0 Å². The van der Waals surface area contributed by atoms with Crippen LogP contribution in [-0.4, -0.2) is 18.0 Å². The van der Waals surface area contributed by atoms with Crippen molar-refractivity contribution in [2.45, 2.75) is 20.0 Å². The highest BCUT2D eigenvalue weighted by Crippen LogP contribution is 2.15. The van der Waals surface area contributed by atoms with Gasteiger partial charge < -0.3 is 9.47 Å². The second-order valence-corrected chi connectivity index (χ2v) is 5.49. The Bertz CT molecular complexity index is 992. The fourth-order valence-corrected chi connectivity index (χ4v) is 1.98. The van der Waals surface area contributed by atoms with Crippen LogP contribution in [0.25, 0.3) is 0 Å². The van der Waals surface area contributed by atoms with Crippen LogP contribution < -0.4 is 4.74 Å². The Morgan fingerprint density at radius 1 is 0.926 bits per heavy atom. The minimum Gasteiger partial charge on any atom is -0.446 e. The van der Waals surface area contributed by atoms with Crippen LogP contribution >= 0.6 is 0 Å². The first-order valence-electron chi connectivity index (χ1n) is 8.05. The highest BCUT2D eigenvalue weighted by atomic mass is 16.5. The first-order chi connectivity index (χ1) is 13.0. The average Bonchev–Trinajstić information content (AvgIpc) is 2.66. The molecule has 0 heterocycles. The molecule has 134 valence electrons. The minimum absolute atomic E-state index is 0. The van der Waals surface area contributed by atoms with Crippen LogP contribution in [0, 0.1) is 42.9 Å². The van der Waals surface area contributed by atoms with E-state index in [9.17, 15) is 9.59 Å². The van der Waals surface area contributed by atoms with Gasteiger partial charge in [0, 0.05) is 1.43 Å². The summed E-state index contributed by atoms with van der Waals surface area (Å²) >= 11 is 0. The van der Waals surface area contributed by atoms with Gasteiger partial charge in [-0.05, 0) is 79.8 Å². The van der Waals surface area contributed by atoms with Gasteiger partial charge in [-0.2, -0.15) is 0 Å². The van der Waals surface area contributed by atoms with Gasteiger partial charge in [0.1, 0.15) is 5.75 Å². The number of aryl methyl sites for hydroxylation is 1. The number of rotatable bonds is 4. The van der Waals surface area contributed by atoms with Gasteiger partial charge in [-0.15, -0.1) is 6.42 Å². The first-order valence-corrected chi connectivity index (χ1v) is 8.05. The van der Waals surface area contributed by atoms with E-state index in [0.29, 0.717) is 16.9 Å². The fraction of sp³-hybridized carbons (Fsp3) is 0.130. The smallest absolute Gasteiger partial charge is 0.343 e. The van der Waals surface area contributed by atoms with Crippen molar-refractivity contribution in [3.63, 3.8) is 0 Å². The molecular formula is C23H18O4. The second-order valence-electron chi connectivity index (χ2n) is 5.49. The molecule has 4 heteroatoms. The van der Waals surface area contributed by atoms with Crippen molar-refractivity contribution in [2.24, 2.45) is 0 Å². The predicted molar refractivity (Wildman–Crippen MR) is 104 cm³/mol. The van der Waals surface area contributed by atoms with Gasteiger partial charge in [0.15, 0.2) is 6.10 Å². The van der Waals surface area contributed by atoms with Crippen LogP contribution in [0.2, 0.25) is 0 Å². The van der Waals surface area contributed by atoms with Gasteiger partial charge >= 0.3 is 11.9 Å². The molecule has 1 atom stereocenters. The minimum atomic E-state index is -0.636. The molecule has 0 spiro atoms. The SMILES string of the molecule is C#CC#CC#CC(C)OC(=O)c1ccc(OC(=O)c2ccc(C)cc2)cc1.[HH]. The summed E-state index contributed by atoms with van der Waals surface area (Å²) in [5.41, 5.74) is 1.81. The highest BCUT2D eigenvalue weighted by molar-refractivity contribution is 5.92. The third-order valence-electron chi connectivity index (χ3n) is 3.34. The van der Waals surface area contributed by atoms with E-state index in [4.69, 9.17) is 15.9 Å². The summed E-state index contributed by atoms with van der Waals surface area (Å²) in [5, 5.41) is 0. The Morgan fingerprint density at radius 2 is 1.52 bits per heavy atom. The van der Waals surface area contributed by atoms with Gasteiger partial charge in [0.2, 0.25) is 0 Å². The predicted octanol–water partition coefficient (Wildman–Crippen LogP) is 3.65. The standard InChI is InChI=1S/C23H16O4.H2/c1-4-5-6-7-8-18(3)26-22(24)20-13-15-21(16-14-20)27-23(25)19-11-9-17(2)10-12-19;/h1,9-16,18H,2-3H3;1H. The number of hydrogen-bond donors (Lipinski definition) is 0.